The molecule has 0 aliphatic rings. The molecule has 1 aromatic heterocycles. The summed E-state index contributed by atoms with van der Waals surface area (Å²) in [6.45, 7) is 0. The molecule has 2 aromatic rings. The summed E-state index contributed by atoms with van der Waals surface area (Å²) in [5.41, 5.74) is 2.77. The largest absolute Gasteiger partial charge is 0.497 e. The molecule has 0 saturated heterocycles. The summed E-state index contributed by atoms with van der Waals surface area (Å²) in [7, 11) is 1.52. The maximum absolute atomic E-state index is 12.2. The third-order valence-corrected chi connectivity index (χ3v) is 3.27. The van der Waals surface area contributed by atoms with Crippen LogP contribution >= 0.6 is 23.2 Å². The van der Waals surface area contributed by atoms with Crippen molar-refractivity contribution in [1.82, 2.24) is 4.98 Å². The summed E-state index contributed by atoms with van der Waals surface area (Å²) >= 11 is 12.0. The maximum Gasteiger partial charge on any atom is 0.275 e. The lowest BCUT2D eigenvalue weighted by Crippen LogP contribution is -2.17. The van der Waals surface area contributed by atoms with Crippen LogP contribution in [-0.4, -0.2) is 18.0 Å². The van der Waals surface area contributed by atoms with Gasteiger partial charge in [-0.3, -0.25) is 4.79 Å². The Morgan fingerprint density at radius 3 is 2.62 bits per heavy atom. The van der Waals surface area contributed by atoms with Crippen LogP contribution in [0.25, 0.3) is 0 Å². The summed E-state index contributed by atoms with van der Waals surface area (Å²) in [5, 5.41) is 3.20. The number of rotatable bonds is 4. The second kappa shape index (κ2) is 6.62. The van der Waals surface area contributed by atoms with E-state index < -0.39 is 5.91 Å². The highest BCUT2D eigenvalue weighted by Crippen LogP contribution is 2.27. The van der Waals surface area contributed by atoms with Gasteiger partial charge in [-0.25, -0.2) is 10.8 Å². The minimum absolute atomic E-state index is 0.0333. The monoisotopic (exact) mass is 326 g/mol. The number of carbonyl (C=O) groups excluding carboxylic acids is 1. The van der Waals surface area contributed by atoms with Crippen molar-refractivity contribution in [2.45, 2.75) is 0 Å². The third kappa shape index (κ3) is 3.55. The molecule has 2 rings (SSSR count). The molecule has 1 aromatic carbocycles. The summed E-state index contributed by atoms with van der Waals surface area (Å²) in [4.78, 5) is 16.2. The number of pyridine rings is 1. The molecule has 0 bridgehead atoms. The van der Waals surface area contributed by atoms with Gasteiger partial charge in [0.15, 0.2) is 0 Å². The normalized spacial score (nSPS) is 10.1. The van der Waals surface area contributed by atoms with Crippen LogP contribution in [0.15, 0.2) is 30.3 Å². The van der Waals surface area contributed by atoms with E-state index in [9.17, 15) is 4.79 Å². The SMILES string of the molecule is COc1ccc(Cl)c(NC(=O)c2nc(NN)ccc2Cl)c1. The number of anilines is 2. The van der Waals surface area contributed by atoms with Gasteiger partial charge in [0, 0.05) is 6.07 Å². The van der Waals surface area contributed by atoms with Gasteiger partial charge in [0.05, 0.1) is 22.8 Å². The summed E-state index contributed by atoms with van der Waals surface area (Å²) < 4.78 is 5.08. The van der Waals surface area contributed by atoms with E-state index in [0.717, 1.165) is 0 Å². The number of nitrogens with one attached hydrogen (secondary N) is 2. The Kier molecular flexibility index (Phi) is 4.85. The van der Waals surface area contributed by atoms with Crippen molar-refractivity contribution in [2.75, 3.05) is 17.9 Å². The zero-order chi connectivity index (χ0) is 15.4. The van der Waals surface area contributed by atoms with Crippen LogP contribution in [0.5, 0.6) is 5.75 Å². The van der Waals surface area contributed by atoms with Gasteiger partial charge < -0.3 is 15.5 Å². The lowest BCUT2D eigenvalue weighted by atomic mass is 10.2. The summed E-state index contributed by atoms with van der Waals surface area (Å²) in [6, 6.07) is 7.97. The average molecular weight is 327 g/mol. The molecular formula is C13H12Cl2N4O2. The number of amides is 1. The molecule has 4 N–H and O–H groups in total. The number of hydrazine groups is 1. The van der Waals surface area contributed by atoms with E-state index in [0.29, 0.717) is 22.3 Å². The summed E-state index contributed by atoms with van der Waals surface area (Å²) in [6.07, 6.45) is 0. The Morgan fingerprint density at radius 2 is 1.95 bits per heavy atom. The van der Waals surface area contributed by atoms with Crippen molar-refractivity contribution in [3.05, 3.63) is 46.1 Å². The van der Waals surface area contributed by atoms with Gasteiger partial charge in [0.25, 0.3) is 5.91 Å². The average Bonchev–Trinajstić information content (AvgIpc) is 2.49. The van der Waals surface area contributed by atoms with Crippen molar-refractivity contribution in [1.29, 1.82) is 0 Å². The molecule has 0 atom stereocenters. The Bertz CT molecular complexity index is 679. The third-order valence-electron chi connectivity index (χ3n) is 2.63. The maximum atomic E-state index is 12.2. The molecule has 1 heterocycles. The predicted octanol–water partition coefficient (Wildman–Crippen LogP) is 2.93. The van der Waals surface area contributed by atoms with Gasteiger partial charge in [-0.15, -0.1) is 0 Å². The second-order valence-electron chi connectivity index (χ2n) is 3.97. The zero-order valence-electron chi connectivity index (χ0n) is 11.0. The Hall–Kier alpha value is -2.02. The standard InChI is InChI=1S/C13H12Cl2N4O2/c1-21-7-2-3-8(14)10(6-7)17-13(20)12-9(15)4-5-11(18-12)19-16/h2-6H,16H2,1H3,(H,17,20)(H,18,19). The number of aromatic nitrogens is 1. The van der Waals surface area contributed by atoms with Crippen molar-refractivity contribution in [3.63, 3.8) is 0 Å². The molecule has 0 unspecified atom stereocenters. The van der Waals surface area contributed by atoms with Crippen molar-refractivity contribution < 1.29 is 9.53 Å². The molecule has 0 radical (unpaired) electrons. The van der Waals surface area contributed by atoms with E-state index in [2.05, 4.69) is 15.7 Å². The molecule has 1 amide bonds. The van der Waals surface area contributed by atoms with Crippen LogP contribution in [0.3, 0.4) is 0 Å². The number of hydrogen-bond donors (Lipinski definition) is 3. The minimum atomic E-state index is -0.507. The number of halogens is 2. The van der Waals surface area contributed by atoms with E-state index in [1.54, 1.807) is 24.3 Å². The van der Waals surface area contributed by atoms with Crippen LogP contribution < -0.4 is 21.3 Å². The van der Waals surface area contributed by atoms with Crippen molar-refractivity contribution in [2.24, 2.45) is 5.84 Å². The highest BCUT2D eigenvalue weighted by molar-refractivity contribution is 6.35. The number of nitrogens with zero attached hydrogens (tertiary/aromatic N) is 1. The lowest BCUT2D eigenvalue weighted by Gasteiger charge is -2.10. The van der Waals surface area contributed by atoms with Crippen LogP contribution in [0.4, 0.5) is 11.5 Å². The van der Waals surface area contributed by atoms with Crippen LogP contribution in [-0.2, 0) is 0 Å². The number of nitrogens with two attached hydrogens (primary N) is 1. The highest BCUT2D eigenvalue weighted by atomic mass is 35.5. The first kappa shape index (κ1) is 15.4. The Balaban J connectivity index is 2.29. The molecule has 110 valence electrons. The fourth-order valence-corrected chi connectivity index (χ4v) is 1.95. The van der Waals surface area contributed by atoms with E-state index in [-0.39, 0.29) is 10.7 Å². The molecule has 0 aliphatic carbocycles. The predicted molar refractivity (Wildman–Crippen MR) is 83.0 cm³/mol. The van der Waals surface area contributed by atoms with Crippen LogP contribution in [0.2, 0.25) is 10.0 Å². The smallest absolute Gasteiger partial charge is 0.275 e. The van der Waals surface area contributed by atoms with E-state index in [1.165, 1.54) is 13.2 Å². The summed E-state index contributed by atoms with van der Waals surface area (Å²) in [5.74, 6) is 5.63. The van der Waals surface area contributed by atoms with E-state index in [4.69, 9.17) is 33.8 Å². The molecule has 21 heavy (non-hydrogen) atoms. The van der Waals surface area contributed by atoms with E-state index >= 15 is 0 Å². The van der Waals surface area contributed by atoms with Gasteiger partial charge in [-0.05, 0) is 24.3 Å². The molecule has 0 fully saturated rings. The van der Waals surface area contributed by atoms with E-state index in [1.807, 2.05) is 0 Å². The van der Waals surface area contributed by atoms with Gasteiger partial charge in [0.2, 0.25) is 0 Å². The van der Waals surface area contributed by atoms with Gasteiger partial charge in [-0.1, -0.05) is 23.2 Å². The number of hydrogen-bond acceptors (Lipinski definition) is 5. The van der Waals surface area contributed by atoms with Gasteiger partial charge >= 0.3 is 0 Å². The van der Waals surface area contributed by atoms with Gasteiger partial charge in [-0.2, -0.15) is 0 Å². The number of benzene rings is 1. The first-order chi connectivity index (χ1) is 10.0. The Morgan fingerprint density at radius 1 is 1.24 bits per heavy atom. The van der Waals surface area contributed by atoms with Crippen molar-refractivity contribution in [3.8, 4) is 5.75 Å². The Labute approximate surface area is 131 Å². The molecule has 6 nitrogen and oxygen atoms in total. The lowest BCUT2D eigenvalue weighted by molar-refractivity contribution is 0.102. The first-order valence-corrected chi connectivity index (χ1v) is 6.58. The molecule has 0 aliphatic heterocycles. The topological polar surface area (TPSA) is 89.3 Å². The van der Waals surface area contributed by atoms with Crippen LogP contribution in [0.1, 0.15) is 10.5 Å². The quantitative estimate of drug-likeness (QED) is 0.593. The van der Waals surface area contributed by atoms with Gasteiger partial charge in [0.1, 0.15) is 17.3 Å². The second-order valence-corrected chi connectivity index (χ2v) is 4.79. The number of ether oxygens (including phenoxy) is 1. The number of nitrogen functional groups attached to an aromatic ring is 1. The zero-order valence-corrected chi connectivity index (χ0v) is 12.5. The minimum Gasteiger partial charge on any atom is -0.497 e. The fourth-order valence-electron chi connectivity index (χ4n) is 1.59. The van der Waals surface area contributed by atoms with Crippen LogP contribution in [0, 0.1) is 0 Å². The fraction of sp³-hybridized carbons (Fsp3) is 0.0769. The molecule has 0 spiro atoms. The van der Waals surface area contributed by atoms with Crippen molar-refractivity contribution >= 4 is 40.6 Å². The highest BCUT2D eigenvalue weighted by Gasteiger charge is 2.15. The number of carbonyl (C=O) groups is 1. The first-order valence-electron chi connectivity index (χ1n) is 5.83. The molecular weight excluding hydrogens is 315 g/mol. The number of methoxy groups -OCH3 is 1. The molecule has 8 heteroatoms. The molecule has 0 saturated carbocycles.